The number of hydrogen-bond acceptors (Lipinski definition) is 5. The van der Waals surface area contributed by atoms with E-state index in [1.165, 1.54) is 6.26 Å². The summed E-state index contributed by atoms with van der Waals surface area (Å²) in [5.41, 5.74) is 3.02. The maximum Gasteiger partial charge on any atom is 0.175 e. The van der Waals surface area contributed by atoms with Crippen molar-refractivity contribution in [2.45, 2.75) is 4.90 Å². The molecule has 4 aromatic rings. The van der Waals surface area contributed by atoms with Crippen molar-refractivity contribution in [1.29, 1.82) is 0 Å². The molecule has 124 valence electrons. The van der Waals surface area contributed by atoms with Gasteiger partial charge in [-0.15, -0.1) is 0 Å². The molecule has 4 rings (SSSR count). The third-order valence-corrected chi connectivity index (χ3v) is 4.95. The molecule has 0 spiro atoms. The average molecular weight is 350 g/mol. The molecule has 0 amide bonds. The Labute approximate surface area is 144 Å². The van der Waals surface area contributed by atoms with Crippen molar-refractivity contribution in [3.8, 4) is 22.8 Å². The normalized spacial score (nSPS) is 11.7. The van der Waals surface area contributed by atoms with Gasteiger partial charge in [0.15, 0.2) is 15.7 Å². The van der Waals surface area contributed by atoms with E-state index in [1.807, 2.05) is 30.3 Å². The maximum atomic E-state index is 11.7. The summed E-state index contributed by atoms with van der Waals surface area (Å²) in [6, 6.07) is 14.5. The second-order valence-corrected chi connectivity index (χ2v) is 7.71. The molecule has 0 atom stereocenters. The van der Waals surface area contributed by atoms with Crippen LogP contribution in [0.5, 0.6) is 0 Å². The Kier molecular flexibility index (Phi) is 3.58. The van der Waals surface area contributed by atoms with Crippen LogP contribution in [-0.2, 0) is 9.84 Å². The molecule has 0 saturated heterocycles. The average Bonchev–Trinajstić information content (AvgIpc) is 3.05. The van der Waals surface area contributed by atoms with Crippen LogP contribution >= 0.6 is 0 Å². The number of hydrogen-bond donors (Lipinski definition) is 1. The summed E-state index contributed by atoms with van der Waals surface area (Å²) < 4.78 is 23.3. The van der Waals surface area contributed by atoms with Crippen molar-refractivity contribution in [1.82, 2.24) is 19.9 Å². The van der Waals surface area contributed by atoms with Crippen molar-refractivity contribution in [3.63, 3.8) is 0 Å². The molecular weight excluding hydrogens is 336 g/mol. The van der Waals surface area contributed by atoms with Crippen LogP contribution in [0.1, 0.15) is 0 Å². The van der Waals surface area contributed by atoms with Gasteiger partial charge in [-0.1, -0.05) is 30.3 Å². The molecule has 0 aliphatic carbocycles. The monoisotopic (exact) mass is 350 g/mol. The Hall–Kier alpha value is -3.06. The molecule has 1 N–H and O–H groups in total. The first-order valence-electron chi connectivity index (χ1n) is 7.58. The Morgan fingerprint density at radius 3 is 2.32 bits per heavy atom. The number of aromatic nitrogens is 4. The van der Waals surface area contributed by atoms with Gasteiger partial charge in [0.05, 0.1) is 21.5 Å². The van der Waals surface area contributed by atoms with Gasteiger partial charge in [0.1, 0.15) is 5.82 Å². The first-order valence-corrected chi connectivity index (χ1v) is 9.47. The summed E-state index contributed by atoms with van der Waals surface area (Å²) in [6.07, 6.45) is 4.58. The van der Waals surface area contributed by atoms with Gasteiger partial charge in [-0.05, 0) is 18.2 Å². The fraction of sp³-hybridized carbons (Fsp3) is 0.0556. The van der Waals surface area contributed by atoms with Crippen molar-refractivity contribution >= 4 is 20.9 Å². The van der Waals surface area contributed by atoms with E-state index < -0.39 is 9.84 Å². The quantitative estimate of drug-likeness (QED) is 0.613. The third kappa shape index (κ3) is 3.01. The lowest BCUT2D eigenvalue weighted by Gasteiger charge is -2.00. The van der Waals surface area contributed by atoms with Crippen molar-refractivity contribution in [2.75, 3.05) is 6.26 Å². The molecule has 7 heteroatoms. The van der Waals surface area contributed by atoms with Crippen LogP contribution in [0.3, 0.4) is 0 Å². The second-order valence-electron chi connectivity index (χ2n) is 5.70. The van der Waals surface area contributed by atoms with Gasteiger partial charge in [0.2, 0.25) is 0 Å². The molecule has 0 fully saturated rings. The number of nitrogens with zero attached hydrogens (tertiary/aromatic N) is 3. The van der Waals surface area contributed by atoms with Gasteiger partial charge in [-0.2, -0.15) is 0 Å². The number of H-pyrrole nitrogens is 1. The van der Waals surface area contributed by atoms with E-state index in [-0.39, 0.29) is 4.90 Å². The number of fused-ring (bicyclic) bond motifs is 1. The largest absolute Gasteiger partial charge is 0.338 e. The summed E-state index contributed by atoms with van der Waals surface area (Å²) in [4.78, 5) is 16.6. The molecule has 0 radical (unpaired) electrons. The molecular formula is C18H14N4O2S. The molecule has 6 nitrogen and oxygen atoms in total. The summed E-state index contributed by atoms with van der Waals surface area (Å²) in [6.45, 7) is 0. The summed E-state index contributed by atoms with van der Waals surface area (Å²) >= 11 is 0. The van der Waals surface area contributed by atoms with Crippen LogP contribution in [0.4, 0.5) is 0 Å². The highest BCUT2D eigenvalue weighted by Crippen LogP contribution is 2.23. The van der Waals surface area contributed by atoms with Gasteiger partial charge < -0.3 is 4.98 Å². The number of aromatic amines is 1. The van der Waals surface area contributed by atoms with Crippen molar-refractivity contribution < 1.29 is 8.42 Å². The van der Waals surface area contributed by atoms with Crippen LogP contribution in [-0.4, -0.2) is 34.6 Å². The highest BCUT2D eigenvalue weighted by Gasteiger charge is 2.11. The van der Waals surface area contributed by atoms with Crippen molar-refractivity contribution in [3.05, 3.63) is 60.9 Å². The molecule has 0 saturated carbocycles. The molecule has 0 bridgehead atoms. The number of imidazole rings is 1. The van der Waals surface area contributed by atoms with Crippen molar-refractivity contribution in [2.24, 2.45) is 0 Å². The van der Waals surface area contributed by atoms with Crippen LogP contribution in [0.25, 0.3) is 33.8 Å². The van der Waals surface area contributed by atoms with Gasteiger partial charge in [-0.25, -0.2) is 23.4 Å². The molecule has 0 aliphatic rings. The minimum Gasteiger partial charge on any atom is -0.338 e. The van der Waals surface area contributed by atoms with E-state index >= 15 is 0 Å². The van der Waals surface area contributed by atoms with E-state index in [1.54, 1.807) is 30.6 Å². The first-order chi connectivity index (χ1) is 12.0. The number of nitrogens with one attached hydrogen (secondary N) is 1. The summed E-state index contributed by atoms with van der Waals surface area (Å²) in [5.74, 6) is 1.24. The lowest BCUT2D eigenvalue weighted by atomic mass is 10.2. The summed E-state index contributed by atoms with van der Waals surface area (Å²) in [5, 5.41) is 0. The van der Waals surface area contributed by atoms with Crippen LogP contribution in [0, 0.1) is 0 Å². The lowest BCUT2D eigenvalue weighted by Crippen LogP contribution is -1.96. The predicted octanol–water partition coefficient (Wildman–Crippen LogP) is 3.09. The molecule has 0 aliphatic heterocycles. The number of benzene rings is 2. The van der Waals surface area contributed by atoms with Crippen LogP contribution in [0.2, 0.25) is 0 Å². The number of sulfone groups is 1. The van der Waals surface area contributed by atoms with E-state index in [9.17, 15) is 8.42 Å². The molecule has 2 heterocycles. The zero-order valence-corrected chi connectivity index (χ0v) is 14.2. The molecule has 2 aromatic heterocycles. The maximum absolute atomic E-state index is 11.7. The number of rotatable bonds is 3. The van der Waals surface area contributed by atoms with E-state index in [0.29, 0.717) is 22.7 Å². The van der Waals surface area contributed by atoms with E-state index in [2.05, 4.69) is 19.9 Å². The minimum atomic E-state index is -3.26. The van der Waals surface area contributed by atoms with Crippen LogP contribution < -0.4 is 0 Å². The van der Waals surface area contributed by atoms with E-state index in [4.69, 9.17) is 0 Å². The Bertz CT molecular complexity index is 1150. The lowest BCUT2D eigenvalue weighted by molar-refractivity contribution is 0.602. The SMILES string of the molecule is CS(=O)(=O)c1ccc2nc(-c3cnc(-c4ccccc4)nc3)[nH]c2c1. The van der Waals surface area contributed by atoms with Gasteiger partial charge in [0.25, 0.3) is 0 Å². The zero-order valence-electron chi connectivity index (χ0n) is 13.3. The third-order valence-electron chi connectivity index (χ3n) is 3.84. The predicted molar refractivity (Wildman–Crippen MR) is 95.7 cm³/mol. The first kappa shape index (κ1) is 15.5. The van der Waals surface area contributed by atoms with Gasteiger partial charge in [-0.3, -0.25) is 0 Å². The highest BCUT2D eigenvalue weighted by atomic mass is 32.2. The minimum absolute atomic E-state index is 0.255. The highest BCUT2D eigenvalue weighted by molar-refractivity contribution is 7.90. The summed E-state index contributed by atoms with van der Waals surface area (Å²) in [7, 11) is -3.26. The Morgan fingerprint density at radius 1 is 0.920 bits per heavy atom. The zero-order chi connectivity index (χ0) is 17.4. The fourth-order valence-corrected chi connectivity index (χ4v) is 3.19. The molecule has 25 heavy (non-hydrogen) atoms. The second kappa shape index (κ2) is 5.78. The van der Waals surface area contributed by atoms with Gasteiger partial charge >= 0.3 is 0 Å². The van der Waals surface area contributed by atoms with Crippen LogP contribution in [0.15, 0.2) is 65.8 Å². The topological polar surface area (TPSA) is 88.6 Å². The standard InChI is InChI=1S/C18H14N4O2S/c1-25(23,24)14-7-8-15-16(9-14)22-18(21-15)13-10-19-17(20-11-13)12-5-3-2-4-6-12/h2-11H,1H3,(H,21,22). The fourth-order valence-electron chi connectivity index (χ4n) is 2.54. The Balaban J connectivity index is 1.72. The smallest absolute Gasteiger partial charge is 0.175 e. The van der Waals surface area contributed by atoms with Gasteiger partial charge in [0, 0.05) is 24.2 Å². The molecule has 0 unspecified atom stereocenters. The van der Waals surface area contributed by atoms with E-state index in [0.717, 1.165) is 11.1 Å². The molecule has 2 aromatic carbocycles. The Morgan fingerprint density at radius 2 is 1.64 bits per heavy atom.